The number of piperidine rings is 1. The van der Waals surface area contributed by atoms with Crippen molar-refractivity contribution >= 4 is 28.3 Å². The van der Waals surface area contributed by atoms with E-state index in [1.807, 2.05) is 38.1 Å². The summed E-state index contributed by atoms with van der Waals surface area (Å²) in [5, 5.41) is 3.52. The monoisotopic (exact) mass is 343 g/mol. The van der Waals surface area contributed by atoms with Crippen molar-refractivity contribution in [1.29, 1.82) is 0 Å². The molecule has 5 nitrogen and oxygen atoms in total. The van der Waals surface area contributed by atoms with Crippen LogP contribution < -0.4 is 5.32 Å². The maximum absolute atomic E-state index is 12.8. The molecule has 1 N–H and O–H groups in total. The number of aromatic nitrogens is 1. The number of hydrogen-bond acceptors (Lipinski definition) is 4. The van der Waals surface area contributed by atoms with Crippen LogP contribution in [0.2, 0.25) is 0 Å². The molecule has 1 aromatic carbocycles. The Bertz CT molecular complexity index is 754. The topological polar surface area (TPSA) is 62.3 Å². The number of nitrogens with one attached hydrogen (secondary N) is 1. The first-order chi connectivity index (χ1) is 11.5. The molecule has 1 saturated heterocycles. The van der Waals surface area contributed by atoms with Gasteiger partial charge in [0, 0.05) is 24.5 Å². The zero-order valence-electron chi connectivity index (χ0n) is 14.1. The van der Waals surface area contributed by atoms with Crippen LogP contribution in [-0.2, 0) is 9.59 Å². The summed E-state index contributed by atoms with van der Waals surface area (Å²) in [5.41, 5.74) is 2.15. The normalized spacial score (nSPS) is 21.0. The van der Waals surface area contributed by atoms with Crippen molar-refractivity contribution in [3.8, 4) is 0 Å². The predicted molar refractivity (Wildman–Crippen MR) is 94.9 cm³/mol. The number of nitrogens with zero attached hydrogens (tertiary/aromatic N) is 2. The molecule has 1 aromatic heterocycles. The molecule has 2 amide bonds. The number of carbonyl (C=O) groups excluding carboxylic acids is 2. The molecule has 0 radical (unpaired) electrons. The number of anilines is 1. The summed E-state index contributed by atoms with van der Waals surface area (Å²) < 4.78 is 0. The van der Waals surface area contributed by atoms with Crippen LogP contribution in [0.15, 0.2) is 30.5 Å². The molecule has 0 bridgehead atoms. The van der Waals surface area contributed by atoms with Gasteiger partial charge in [0.1, 0.15) is 0 Å². The first-order valence-electron chi connectivity index (χ1n) is 8.01. The van der Waals surface area contributed by atoms with Gasteiger partial charge in [-0.1, -0.05) is 29.8 Å². The predicted octanol–water partition coefficient (Wildman–Crippen LogP) is 3.31. The Balaban J connectivity index is 1.86. The molecule has 6 heteroatoms. The lowest BCUT2D eigenvalue weighted by Crippen LogP contribution is -2.44. The van der Waals surface area contributed by atoms with E-state index >= 15 is 0 Å². The van der Waals surface area contributed by atoms with Gasteiger partial charge in [-0.3, -0.25) is 9.59 Å². The summed E-state index contributed by atoms with van der Waals surface area (Å²) in [6.45, 7) is 3.98. The molecule has 2 atom stereocenters. The number of likely N-dealkylation sites (tertiary alicyclic amines) is 1. The molecule has 0 spiro atoms. The highest BCUT2D eigenvalue weighted by molar-refractivity contribution is 7.15. The third-order valence-corrected chi connectivity index (χ3v) is 5.30. The number of thiazole rings is 1. The third-order valence-electron chi connectivity index (χ3n) is 4.47. The van der Waals surface area contributed by atoms with Crippen LogP contribution in [-0.4, -0.2) is 28.7 Å². The van der Waals surface area contributed by atoms with Crippen molar-refractivity contribution in [1.82, 2.24) is 9.88 Å². The van der Waals surface area contributed by atoms with Gasteiger partial charge in [0.15, 0.2) is 5.13 Å². The van der Waals surface area contributed by atoms with Gasteiger partial charge in [-0.05, 0) is 25.8 Å². The quantitative estimate of drug-likeness (QED) is 0.930. The molecule has 126 valence electrons. The fourth-order valence-electron chi connectivity index (χ4n) is 3.14. The van der Waals surface area contributed by atoms with Gasteiger partial charge in [0.25, 0.3) is 0 Å². The van der Waals surface area contributed by atoms with Gasteiger partial charge < -0.3 is 10.2 Å². The minimum Gasteiger partial charge on any atom is -0.338 e. The van der Waals surface area contributed by atoms with E-state index in [1.165, 1.54) is 11.3 Å². The average molecular weight is 343 g/mol. The third kappa shape index (κ3) is 3.33. The summed E-state index contributed by atoms with van der Waals surface area (Å²) in [4.78, 5) is 31.9. The molecular formula is C18H21N3O2S. The van der Waals surface area contributed by atoms with Crippen molar-refractivity contribution in [2.45, 2.75) is 32.7 Å². The summed E-state index contributed by atoms with van der Waals surface area (Å²) in [7, 11) is 1.78. The van der Waals surface area contributed by atoms with Crippen LogP contribution >= 0.6 is 11.3 Å². The minimum atomic E-state index is -0.278. The lowest BCUT2D eigenvalue weighted by molar-refractivity contribution is -0.140. The van der Waals surface area contributed by atoms with Crippen molar-refractivity contribution in [2.24, 2.45) is 5.92 Å². The molecule has 0 aliphatic carbocycles. The van der Waals surface area contributed by atoms with Crippen LogP contribution in [0.5, 0.6) is 0 Å². The standard InChI is InChI=1S/C18H21N3O2S/c1-11-4-6-13(7-5-11)16-14(8-9-15(22)21(16)3)17(23)20-18-19-10-12(2)24-18/h4-7,10,14,16H,8-9H2,1-3H3,(H,19,20,23)/t14-,16-/m1/s1. The van der Waals surface area contributed by atoms with Gasteiger partial charge in [-0.2, -0.15) is 0 Å². The van der Waals surface area contributed by atoms with E-state index in [0.29, 0.717) is 18.0 Å². The maximum atomic E-state index is 12.8. The Morgan fingerprint density at radius 3 is 2.62 bits per heavy atom. The fourth-order valence-corrected chi connectivity index (χ4v) is 3.81. The largest absolute Gasteiger partial charge is 0.338 e. The first kappa shape index (κ1) is 16.6. The second kappa shape index (κ2) is 6.73. The molecule has 0 saturated carbocycles. The van der Waals surface area contributed by atoms with Crippen LogP contribution in [0.4, 0.5) is 5.13 Å². The minimum absolute atomic E-state index is 0.0747. The number of benzene rings is 1. The Hall–Kier alpha value is -2.21. The molecule has 2 heterocycles. The Kier molecular flexibility index (Phi) is 4.66. The molecular weight excluding hydrogens is 322 g/mol. The SMILES string of the molecule is Cc1ccc([C@@H]2[C@H](C(=O)Nc3ncc(C)s3)CCC(=O)N2C)cc1. The highest BCUT2D eigenvalue weighted by atomic mass is 32.1. The first-order valence-corrected chi connectivity index (χ1v) is 8.83. The second-order valence-corrected chi connectivity index (χ2v) is 7.51. The highest BCUT2D eigenvalue weighted by Crippen LogP contribution is 2.36. The van der Waals surface area contributed by atoms with E-state index in [1.54, 1.807) is 18.1 Å². The van der Waals surface area contributed by atoms with Crippen LogP contribution in [0.3, 0.4) is 0 Å². The van der Waals surface area contributed by atoms with Gasteiger partial charge >= 0.3 is 0 Å². The van der Waals surface area contributed by atoms with Gasteiger partial charge in [-0.25, -0.2) is 4.98 Å². The molecule has 1 aliphatic rings. The van der Waals surface area contributed by atoms with E-state index in [4.69, 9.17) is 0 Å². The van der Waals surface area contributed by atoms with E-state index in [-0.39, 0.29) is 23.8 Å². The second-order valence-electron chi connectivity index (χ2n) is 6.27. The van der Waals surface area contributed by atoms with Gasteiger partial charge in [-0.15, -0.1) is 11.3 Å². The van der Waals surface area contributed by atoms with Gasteiger partial charge in [0.05, 0.1) is 12.0 Å². The highest BCUT2D eigenvalue weighted by Gasteiger charge is 2.39. The van der Waals surface area contributed by atoms with E-state index in [9.17, 15) is 9.59 Å². The zero-order chi connectivity index (χ0) is 17.3. The number of aryl methyl sites for hydroxylation is 2. The van der Waals surface area contributed by atoms with Crippen molar-refractivity contribution in [3.05, 3.63) is 46.5 Å². The Morgan fingerprint density at radius 2 is 2.00 bits per heavy atom. The summed E-state index contributed by atoms with van der Waals surface area (Å²) in [5.74, 6) is -0.274. The Labute approximate surface area is 145 Å². The van der Waals surface area contributed by atoms with Crippen LogP contribution in [0.25, 0.3) is 0 Å². The summed E-state index contributed by atoms with van der Waals surface area (Å²) in [6.07, 6.45) is 2.69. The molecule has 2 aromatic rings. The van der Waals surface area contributed by atoms with Crippen LogP contribution in [0.1, 0.15) is 34.9 Å². The smallest absolute Gasteiger partial charge is 0.231 e. The van der Waals surface area contributed by atoms with Crippen molar-refractivity contribution < 1.29 is 9.59 Å². The fraction of sp³-hybridized carbons (Fsp3) is 0.389. The van der Waals surface area contributed by atoms with Crippen molar-refractivity contribution in [2.75, 3.05) is 12.4 Å². The molecule has 24 heavy (non-hydrogen) atoms. The van der Waals surface area contributed by atoms with Crippen LogP contribution in [0, 0.1) is 19.8 Å². The number of carbonyl (C=O) groups is 2. The number of rotatable bonds is 3. The lowest BCUT2D eigenvalue weighted by atomic mass is 9.84. The molecule has 1 fully saturated rings. The molecule has 0 unspecified atom stereocenters. The summed E-state index contributed by atoms with van der Waals surface area (Å²) in [6, 6.07) is 7.79. The summed E-state index contributed by atoms with van der Waals surface area (Å²) >= 11 is 1.46. The molecule has 1 aliphatic heterocycles. The Morgan fingerprint density at radius 1 is 1.29 bits per heavy atom. The molecule has 3 rings (SSSR count). The number of amides is 2. The van der Waals surface area contributed by atoms with E-state index < -0.39 is 0 Å². The maximum Gasteiger partial charge on any atom is 0.231 e. The van der Waals surface area contributed by atoms with Gasteiger partial charge in [0.2, 0.25) is 11.8 Å². The van der Waals surface area contributed by atoms with E-state index in [0.717, 1.165) is 16.0 Å². The lowest BCUT2D eigenvalue weighted by Gasteiger charge is -2.38. The van der Waals surface area contributed by atoms with Crippen molar-refractivity contribution in [3.63, 3.8) is 0 Å². The zero-order valence-corrected chi connectivity index (χ0v) is 14.9. The van der Waals surface area contributed by atoms with E-state index in [2.05, 4.69) is 10.3 Å². The number of hydrogen-bond donors (Lipinski definition) is 1. The average Bonchev–Trinajstić information content (AvgIpc) is 2.96.